The second kappa shape index (κ2) is 2.55. The van der Waals surface area contributed by atoms with Gasteiger partial charge >= 0.3 is 0 Å². The first-order chi connectivity index (χ1) is 6.50. The number of likely N-dealkylation sites (tertiary alicyclic amines) is 1. The van der Waals surface area contributed by atoms with Crippen molar-refractivity contribution >= 4 is 0 Å². The van der Waals surface area contributed by atoms with Crippen LogP contribution in [0.2, 0.25) is 0 Å². The molecular weight excluding hydrogens is 170 g/mol. The number of nitrogens with zero attached hydrogens (tertiary/aromatic N) is 1. The van der Waals surface area contributed by atoms with E-state index in [1.165, 1.54) is 13.0 Å². The molecule has 3 aliphatic rings. The van der Waals surface area contributed by atoms with Crippen LogP contribution in [-0.4, -0.2) is 24.5 Å². The van der Waals surface area contributed by atoms with E-state index < -0.39 is 0 Å². The Hall–Kier alpha value is -0.0400. The van der Waals surface area contributed by atoms with Gasteiger partial charge in [-0.25, -0.2) is 0 Å². The van der Waals surface area contributed by atoms with E-state index in [0.29, 0.717) is 5.41 Å². The van der Waals surface area contributed by atoms with Crippen molar-refractivity contribution in [3.63, 3.8) is 0 Å². The minimum Gasteiger partial charge on any atom is -0.303 e. The summed E-state index contributed by atoms with van der Waals surface area (Å²) in [5.74, 6) is 4.25. The lowest BCUT2D eigenvalue weighted by Gasteiger charge is -2.37. The van der Waals surface area contributed by atoms with Crippen LogP contribution in [0.1, 0.15) is 33.6 Å². The highest BCUT2D eigenvalue weighted by atomic mass is 15.2. The standard InChI is InChI=1S/C13H23N/c1-13(2,3)11-10-7-9(10)8-5-6-14(4)12(8)11/h8-12H,5-7H2,1-4H3. The van der Waals surface area contributed by atoms with Gasteiger partial charge in [0.15, 0.2) is 0 Å². The lowest BCUT2D eigenvalue weighted by molar-refractivity contribution is 0.110. The minimum atomic E-state index is 0.525. The van der Waals surface area contributed by atoms with Crippen LogP contribution < -0.4 is 0 Å². The summed E-state index contributed by atoms with van der Waals surface area (Å²) in [6, 6.07) is 0.929. The third kappa shape index (κ3) is 1.05. The summed E-state index contributed by atoms with van der Waals surface area (Å²) < 4.78 is 0. The topological polar surface area (TPSA) is 3.24 Å². The highest BCUT2D eigenvalue weighted by Gasteiger charge is 2.64. The quantitative estimate of drug-likeness (QED) is 0.571. The van der Waals surface area contributed by atoms with Gasteiger partial charge in [-0.15, -0.1) is 0 Å². The Bertz CT molecular complexity index is 252. The Morgan fingerprint density at radius 1 is 1.07 bits per heavy atom. The average Bonchev–Trinajstić information content (AvgIpc) is 2.61. The molecule has 3 rings (SSSR count). The van der Waals surface area contributed by atoms with E-state index in [1.807, 2.05) is 0 Å². The summed E-state index contributed by atoms with van der Waals surface area (Å²) in [7, 11) is 2.34. The molecule has 80 valence electrons. The van der Waals surface area contributed by atoms with Gasteiger partial charge < -0.3 is 4.90 Å². The predicted octanol–water partition coefficient (Wildman–Crippen LogP) is 2.62. The highest BCUT2D eigenvalue weighted by molar-refractivity contribution is 5.14. The van der Waals surface area contributed by atoms with Crippen molar-refractivity contribution in [1.82, 2.24) is 4.90 Å². The second-order valence-corrected chi connectivity index (χ2v) is 6.88. The molecule has 5 unspecified atom stereocenters. The second-order valence-electron chi connectivity index (χ2n) is 6.88. The van der Waals surface area contributed by atoms with Crippen molar-refractivity contribution in [2.45, 2.75) is 39.7 Å². The number of rotatable bonds is 0. The van der Waals surface area contributed by atoms with Crippen LogP contribution in [0, 0.1) is 29.1 Å². The first-order valence-electron chi connectivity index (χ1n) is 6.20. The first-order valence-corrected chi connectivity index (χ1v) is 6.20. The Kier molecular flexibility index (Phi) is 1.68. The largest absolute Gasteiger partial charge is 0.303 e. The van der Waals surface area contributed by atoms with Gasteiger partial charge in [-0.2, -0.15) is 0 Å². The smallest absolute Gasteiger partial charge is 0.0160 e. The maximum Gasteiger partial charge on any atom is 0.0160 e. The number of fused-ring (bicyclic) bond motifs is 3. The Labute approximate surface area is 87.9 Å². The fourth-order valence-corrected chi connectivity index (χ4v) is 4.56. The molecule has 1 nitrogen and oxygen atoms in total. The summed E-state index contributed by atoms with van der Waals surface area (Å²) >= 11 is 0. The molecule has 0 aromatic heterocycles. The summed E-state index contributed by atoms with van der Waals surface area (Å²) in [6.45, 7) is 8.69. The van der Waals surface area contributed by atoms with Crippen LogP contribution in [0.5, 0.6) is 0 Å². The van der Waals surface area contributed by atoms with Crippen molar-refractivity contribution in [3.05, 3.63) is 0 Å². The Morgan fingerprint density at radius 2 is 1.79 bits per heavy atom. The first kappa shape index (κ1) is 9.21. The third-order valence-electron chi connectivity index (χ3n) is 5.03. The molecule has 1 saturated heterocycles. The van der Waals surface area contributed by atoms with Crippen LogP contribution in [-0.2, 0) is 0 Å². The minimum absolute atomic E-state index is 0.525. The van der Waals surface area contributed by atoms with E-state index in [2.05, 4.69) is 32.7 Å². The monoisotopic (exact) mass is 193 g/mol. The SMILES string of the molecule is CN1CCC2C3CC3C(C(C)(C)C)C21. The summed E-state index contributed by atoms with van der Waals surface area (Å²) in [6.07, 6.45) is 3.03. The van der Waals surface area contributed by atoms with Crippen LogP contribution in [0.25, 0.3) is 0 Å². The average molecular weight is 193 g/mol. The molecule has 1 aliphatic heterocycles. The van der Waals surface area contributed by atoms with Gasteiger partial charge in [0, 0.05) is 6.04 Å². The molecular formula is C13H23N. The number of hydrogen-bond acceptors (Lipinski definition) is 1. The molecule has 1 heteroatoms. The predicted molar refractivity (Wildman–Crippen MR) is 59.1 cm³/mol. The van der Waals surface area contributed by atoms with Crippen LogP contribution >= 0.6 is 0 Å². The maximum atomic E-state index is 2.65. The third-order valence-corrected chi connectivity index (χ3v) is 5.03. The molecule has 0 aromatic carbocycles. The van der Waals surface area contributed by atoms with Crippen molar-refractivity contribution in [2.24, 2.45) is 29.1 Å². The molecule has 0 N–H and O–H groups in total. The molecule has 14 heavy (non-hydrogen) atoms. The molecule has 2 aliphatic carbocycles. The van der Waals surface area contributed by atoms with Gasteiger partial charge in [0.1, 0.15) is 0 Å². The van der Waals surface area contributed by atoms with Crippen molar-refractivity contribution < 1.29 is 0 Å². The maximum absolute atomic E-state index is 2.65. The zero-order chi connectivity index (χ0) is 10.1. The van der Waals surface area contributed by atoms with E-state index in [1.54, 1.807) is 6.42 Å². The zero-order valence-corrected chi connectivity index (χ0v) is 9.96. The lowest BCUT2D eigenvalue weighted by Crippen LogP contribution is -2.40. The van der Waals surface area contributed by atoms with Crippen molar-refractivity contribution in [2.75, 3.05) is 13.6 Å². The molecule has 0 radical (unpaired) electrons. The van der Waals surface area contributed by atoms with Gasteiger partial charge in [0.05, 0.1) is 0 Å². The Balaban J connectivity index is 1.91. The summed E-state index contributed by atoms with van der Waals surface area (Å²) in [5, 5.41) is 0. The van der Waals surface area contributed by atoms with Gasteiger partial charge in [-0.05, 0) is 55.5 Å². The molecule has 0 spiro atoms. The van der Waals surface area contributed by atoms with Gasteiger partial charge in [-0.1, -0.05) is 20.8 Å². The molecule has 5 atom stereocenters. The lowest BCUT2D eigenvalue weighted by atomic mass is 9.74. The Morgan fingerprint density at radius 3 is 2.43 bits per heavy atom. The van der Waals surface area contributed by atoms with Crippen LogP contribution in [0.15, 0.2) is 0 Å². The van der Waals surface area contributed by atoms with Crippen molar-refractivity contribution in [1.29, 1.82) is 0 Å². The van der Waals surface area contributed by atoms with Gasteiger partial charge in [-0.3, -0.25) is 0 Å². The molecule has 0 amide bonds. The van der Waals surface area contributed by atoms with E-state index in [4.69, 9.17) is 0 Å². The molecule has 0 aromatic rings. The van der Waals surface area contributed by atoms with E-state index in [0.717, 1.165) is 29.7 Å². The van der Waals surface area contributed by atoms with E-state index in [9.17, 15) is 0 Å². The molecule has 1 heterocycles. The number of hydrogen-bond donors (Lipinski definition) is 0. The highest BCUT2D eigenvalue weighted by Crippen LogP contribution is 2.66. The summed E-state index contributed by atoms with van der Waals surface area (Å²) in [5.41, 5.74) is 0.525. The molecule has 0 bridgehead atoms. The van der Waals surface area contributed by atoms with Gasteiger partial charge in [0.2, 0.25) is 0 Å². The summed E-state index contributed by atoms with van der Waals surface area (Å²) in [4.78, 5) is 2.65. The normalized spacial score (nSPS) is 51.9. The van der Waals surface area contributed by atoms with Crippen molar-refractivity contribution in [3.8, 4) is 0 Å². The van der Waals surface area contributed by atoms with Gasteiger partial charge in [0.25, 0.3) is 0 Å². The van der Waals surface area contributed by atoms with Crippen LogP contribution in [0.3, 0.4) is 0 Å². The zero-order valence-electron chi connectivity index (χ0n) is 9.96. The van der Waals surface area contributed by atoms with Crippen LogP contribution in [0.4, 0.5) is 0 Å². The molecule has 3 fully saturated rings. The molecule has 2 saturated carbocycles. The van der Waals surface area contributed by atoms with E-state index >= 15 is 0 Å². The fraction of sp³-hybridized carbons (Fsp3) is 1.00. The fourth-order valence-electron chi connectivity index (χ4n) is 4.56. The van der Waals surface area contributed by atoms with E-state index in [-0.39, 0.29) is 0 Å².